The van der Waals surface area contributed by atoms with Crippen molar-refractivity contribution in [3.8, 4) is 0 Å². The van der Waals surface area contributed by atoms with Crippen LogP contribution in [0.15, 0.2) is 11.8 Å². The lowest BCUT2D eigenvalue weighted by Gasteiger charge is -2.24. The lowest BCUT2D eigenvalue weighted by molar-refractivity contribution is -0.142. The van der Waals surface area contributed by atoms with E-state index in [9.17, 15) is 9.59 Å². The third-order valence-electron chi connectivity index (χ3n) is 2.08. The number of esters is 2. The van der Waals surface area contributed by atoms with Crippen LogP contribution in [0.3, 0.4) is 0 Å². The molecule has 0 aliphatic carbocycles. The fourth-order valence-electron chi connectivity index (χ4n) is 1.34. The maximum Gasteiger partial charge on any atom is 0.354 e. The Hall–Kier alpha value is -0.940. The van der Waals surface area contributed by atoms with Gasteiger partial charge in [0.1, 0.15) is 5.70 Å². The average molecular weight is 312 g/mol. The van der Waals surface area contributed by atoms with Gasteiger partial charge in [0.05, 0.1) is 19.3 Å². The minimum absolute atomic E-state index is 0.113. The molecule has 0 aliphatic rings. The van der Waals surface area contributed by atoms with Crippen LogP contribution >= 0.6 is 23.2 Å². The molecule has 0 aromatic rings. The molecule has 5 nitrogen and oxygen atoms in total. The highest BCUT2D eigenvalue weighted by Gasteiger charge is 2.20. The highest BCUT2D eigenvalue weighted by Crippen LogP contribution is 2.09. The molecular weight excluding hydrogens is 293 g/mol. The maximum atomic E-state index is 11.8. The Morgan fingerprint density at radius 3 is 2.00 bits per heavy atom. The maximum absolute atomic E-state index is 11.8. The first-order valence-corrected chi connectivity index (χ1v) is 7.10. The molecule has 0 fully saturated rings. The minimum Gasteiger partial charge on any atom is -0.463 e. The second-order valence-electron chi connectivity index (χ2n) is 3.37. The summed E-state index contributed by atoms with van der Waals surface area (Å²) in [6.07, 6.45) is 1.11. The van der Waals surface area contributed by atoms with Crippen LogP contribution in [0.2, 0.25) is 0 Å². The highest BCUT2D eigenvalue weighted by atomic mass is 35.5. The van der Waals surface area contributed by atoms with Gasteiger partial charge in [-0.2, -0.15) is 0 Å². The summed E-state index contributed by atoms with van der Waals surface area (Å²) in [5.74, 6) is -0.585. The van der Waals surface area contributed by atoms with Crippen molar-refractivity contribution >= 4 is 35.1 Å². The van der Waals surface area contributed by atoms with Crippen LogP contribution in [0, 0.1) is 0 Å². The topological polar surface area (TPSA) is 55.8 Å². The molecule has 0 aliphatic heterocycles. The Bertz CT molecular complexity index is 315. The van der Waals surface area contributed by atoms with Gasteiger partial charge in [0.2, 0.25) is 0 Å². The average Bonchev–Trinajstić information content (AvgIpc) is 2.36. The molecule has 0 radical (unpaired) electrons. The minimum atomic E-state index is -0.598. The van der Waals surface area contributed by atoms with Gasteiger partial charge in [-0.1, -0.05) is 0 Å². The molecule has 19 heavy (non-hydrogen) atoms. The zero-order chi connectivity index (χ0) is 14.7. The van der Waals surface area contributed by atoms with Crippen LogP contribution in [-0.4, -0.2) is 54.9 Å². The van der Waals surface area contributed by atoms with Crippen molar-refractivity contribution in [3.63, 3.8) is 0 Å². The van der Waals surface area contributed by atoms with Crippen molar-refractivity contribution in [1.29, 1.82) is 0 Å². The lowest BCUT2D eigenvalue weighted by Crippen LogP contribution is -2.33. The number of ether oxygens (including phenoxy) is 2. The molecule has 0 saturated heterocycles. The molecule has 0 N–H and O–H groups in total. The number of nitrogens with zero attached hydrogens (tertiary/aromatic N) is 1. The normalized spacial score (nSPS) is 11.1. The smallest absolute Gasteiger partial charge is 0.354 e. The van der Waals surface area contributed by atoms with Crippen LogP contribution < -0.4 is 0 Å². The number of alkyl halides is 2. The SMILES string of the molecule is CCOC(=O)C=C(C(=O)OCC)N(CCCl)CCCl. The molecule has 0 unspecified atom stereocenters. The highest BCUT2D eigenvalue weighted by molar-refractivity contribution is 6.18. The number of rotatable bonds is 9. The van der Waals surface area contributed by atoms with E-state index in [1.54, 1.807) is 18.7 Å². The van der Waals surface area contributed by atoms with Crippen molar-refractivity contribution in [2.45, 2.75) is 13.8 Å². The van der Waals surface area contributed by atoms with Crippen molar-refractivity contribution in [3.05, 3.63) is 11.8 Å². The van der Waals surface area contributed by atoms with E-state index in [0.717, 1.165) is 6.08 Å². The lowest BCUT2D eigenvalue weighted by atomic mass is 10.3. The fourth-order valence-corrected chi connectivity index (χ4v) is 1.74. The van der Waals surface area contributed by atoms with Crippen molar-refractivity contribution in [2.75, 3.05) is 38.1 Å². The summed E-state index contributed by atoms with van der Waals surface area (Å²) in [6.45, 7) is 4.60. The van der Waals surface area contributed by atoms with Gasteiger partial charge in [0.25, 0.3) is 0 Å². The molecule has 0 heterocycles. The molecule has 0 atom stereocenters. The molecule has 7 heteroatoms. The van der Waals surface area contributed by atoms with E-state index in [-0.39, 0.29) is 18.9 Å². The van der Waals surface area contributed by atoms with Crippen LogP contribution in [-0.2, 0) is 19.1 Å². The van der Waals surface area contributed by atoms with Crippen LogP contribution in [0.5, 0.6) is 0 Å². The van der Waals surface area contributed by atoms with Crippen molar-refractivity contribution in [2.24, 2.45) is 0 Å². The predicted molar refractivity (Wildman–Crippen MR) is 74.4 cm³/mol. The number of carbonyl (C=O) groups is 2. The second kappa shape index (κ2) is 10.9. The van der Waals surface area contributed by atoms with Gasteiger partial charge in [0.15, 0.2) is 0 Å². The molecule has 0 rings (SSSR count). The van der Waals surface area contributed by atoms with Gasteiger partial charge < -0.3 is 14.4 Å². The standard InChI is InChI=1S/C12H19Cl2NO4/c1-3-18-11(16)9-10(12(17)19-4-2)15(7-5-13)8-6-14/h9H,3-8H2,1-2H3. The van der Waals surface area contributed by atoms with E-state index in [4.69, 9.17) is 32.7 Å². The van der Waals surface area contributed by atoms with Crippen LogP contribution in [0.1, 0.15) is 13.8 Å². The summed E-state index contributed by atoms with van der Waals surface area (Å²) in [7, 11) is 0. The van der Waals surface area contributed by atoms with E-state index in [2.05, 4.69) is 0 Å². The number of halogens is 2. The molecule has 0 amide bonds. The predicted octanol–water partition coefficient (Wildman–Crippen LogP) is 1.78. The molecule has 0 saturated carbocycles. The van der Waals surface area contributed by atoms with Crippen molar-refractivity contribution in [1.82, 2.24) is 4.90 Å². The molecular formula is C12H19Cl2NO4. The van der Waals surface area contributed by atoms with E-state index >= 15 is 0 Å². The molecule has 0 aromatic carbocycles. The zero-order valence-corrected chi connectivity index (χ0v) is 12.7. The summed E-state index contributed by atoms with van der Waals surface area (Å²) in [5.41, 5.74) is 0.113. The van der Waals surface area contributed by atoms with E-state index in [1.807, 2.05) is 0 Å². The van der Waals surface area contributed by atoms with Gasteiger partial charge in [-0.25, -0.2) is 9.59 Å². The number of carbonyl (C=O) groups excluding carboxylic acids is 2. The Balaban J connectivity index is 5.09. The summed E-state index contributed by atoms with van der Waals surface area (Å²) in [5, 5.41) is 0. The largest absolute Gasteiger partial charge is 0.463 e. The first-order chi connectivity index (χ1) is 9.10. The van der Waals surface area contributed by atoms with Crippen LogP contribution in [0.4, 0.5) is 0 Å². The quantitative estimate of drug-likeness (QED) is 0.369. The summed E-state index contributed by atoms with van der Waals surface area (Å²) in [6, 6.07) is 0. The Labute approximate surface area is 123 Å². The Morgan fingerprint density at radius 1 is 1.05 bits per heavy atom. The molecule has 0 bridgehead atoms. The number of hydrogen-bond acceptors (Lipinski definition) is 5. The van der Waals surface area contributed by atoms with E-state index in [1.165, 1.54) is 0 Å². The third-order valence-corrected chi connectivity index (χ3v) is 2.41. The van der Waals surface area contributed by atoms with Gasteiger partial charge in [0, 0.05) is 24.8 Å². The molecule has 110 valence electrons. The third kappa shape index (κ3) is 7.28. The summed E-state index contributed by atoms with van der Waals surface area (Å²) >= 11 is 11.4. The number of hydrogen-bond donors (Lipinski definition) is 0. The van der Waals surface area contributed by atoms with Crippen molar-refractivity contribution < 1.29 is 19.1 Å². The molecule has 0 aromatic heterocycles. The molecule has 0 spiro atoms. The summed E-state index contributed by atoms with van der Waals surface area (Å²) < 4.78 is 9.71. The fraction of sp³-hybridized carbons (Fsp3) is 0.667. The summed E-state index contributed by atoms with van der Waals surface area (Å²) in [4.78, 5) is 24.9. The monoisotopic (exact) mass is 311 g/mol. The van der Waals surface area contributed by atoms with Gasteiger partial charge >= 0.3 is 11.9 Å². The van der Waals surface area contributed by atoms with E-state index in [0.29, 0.717) is 24.8 Å². The zero-order valence-electron chi connectivity index (χ0n) is 11.2. The van der Waals surface area contributed by atoms with E-state index < -0.39 is 11.9 Å². The van der Waals surface area contributed by atoms with Crippen LogP contribution in [0.25, 0.3) is 0 Å². The Morgan fingerprint density at radius 2 is 1.58 bits per heavy atom. The second-order valence-corrected chi connectivity index (χ2v) is 4.12. The van der Waals surface area contributed by atoms with Gasteiger partial charge in [-0.3, -0.25) is 0 Å². The Kier molecular flexibility index (Phi) is 10.4. The first-order valence-electron chi connectivity index (χ1n) is 6.03. The van der Waals surface area contributed by atoms with Gasteiger partial charge in [-0.05, 0) is 13.8 Å². The van der Waals surface area contributed by atoms with Gasteiger partial charge in [-0.15, -0.1) is 23.2 Å². The first kappa shape index (κ1) is 18.1.